The van der Waals surface area contributed by atoms with Crippen LogP contribution in [-0.2, 0) is 7.05 Å². The number of amides is 1. The van der Waals surface area contributed by atoms with Crippen LogP contribution in [0, 0.1) is 6.92 Å². The number of benzene rings is 1. The van der Waals surface area contributed by atoms with E-state index in [1.807, 2.05) is 0 Å². The van der Waals surface area contributed by atoms with E-state index in [9.17, 15) is 9.90 Å². The van der Waals surface area contributed by atoms with E-state index >= 15 is 0 Å². The fourth-order valence-corrected chi connectivity index (χ4v) is 1.49. The Morgan fingerprint density at radius 1 is 1.47 bits per heavy atom. The third-order valence-electron chi connectivity index (χ3n) is 2.52. The fraction of sp³-hybridized carbons (Fsp3) is 0.167. The summed E-state index contributed by atoms with van der Waals surface area (Å²) in [7, 11) is 1.75. The summed E-state index contributed by atoms with van der Waals surface area (Å²) in [4.78, 5) is 11.8. The van der Waals surface area contributed by atoms with Crippen molar-refractivity contribution in [3.8, 4) is 5.75 Å². The molecule has 0 aliphatic rings. The van der Waals surface area contributed by atoms with E-state index in [0.29, 0.717) is 16.8 Å². The molecule has 0 fully saturated rings. The zero-order valence-corrected chi connectivity index (χ0v) is 9.64. The molecule has 2 aromatic rings. The SMILES string of the molecule is Cc1c(O)cccc1NC(=O)c1cnn(C)c1. The Labute approximate surface area is 98.7 Å². The molecule has 5 nitrogen and oxygen atoms in total. The molecule has 0 atom stereocenters. The average molecular weight is 231 g/mol. The van der Waals surface area contributed by atoms with Gasteiger partial charge in [-0.3, -0.25) is 9.48 Å². The second-order valence-corrected chi connectivity index (χ2v) is 3.81. The molecule has 88 valence electrons. The van der Waals surface area contributed by atoms with E-state index in [2.05, 4.69) is 10.4 Å². The van der Waals surface area contributed by atoms with Crippen LogP contribution < -0.4 is 5.32 Å². The quantitative estimate of drug-likeness (QED) is 0.826. The van der Waals surface area contributed by atoms with Gasteiger partial charge >= 0.3 is 0 Å². The smallest absolute Gasteiger partial charge is 0.258 e. The number of hydrogen-bond acceptors (Lipinski definition) is 3. The second kappa shape index (κ2) is 4.29. The summed E-state index contributed by atoms with van der Waals surface area (Å²) in [5.41, 5.74) is 1.72. The van der Waals surface area contributed by atoms with Crippen LogP contribution in [0.4, 0.5) is 5.69 Å². The molecule has 2 N–H and O–H groups in total. The van der Waals surface area contributed by atoms with E-state index in [4.69, 9.17) is 0 Å². The molecule has 0 aliphatic carbocycles. The van der Waals surface area contributed by atoms with Crippen LogP contribution in [0.1, 0.15) is 15.9 Å². The summed E-state index contributed by atoms with van der Waals surface area (Å²) in [6.07, 6.45) is 3.13. The summed E-state index contributed by atoms with van der Waals surface area (Å²) in [6.45, 7) is 1.74. The van der Waals surface area contributed by atoms with Crippen molar-refractivity contribution in [2.75, 3.05) is 5.32 Å². The molecule has 0 bridgehead atoms. The van der Waals surface area contributed by atoms with Gasteiger partial charge in [-0.2, -0.15) is 5.10 Å². The largest absolute Gasteiger partial charge is 0.508 e. The van der Waals surface area contributed by atoms with Gasteiger partial charge in [-0.05, 0) is 19.1 Å². The Morgan fingerprint density at radius 3 is 2.88 bits per heavy atom. The predicted molar refractivity (Wildman–Crippen MR) is 64.0 cm³/mol. The first kappa shape index (κ1) is 11.2. The third kappa shape index (κ3) is 2.28. The summed E-state index contributed by atoms with van der Waals surface area (Å²) in [6, 6.07) is 5.00. The van der Waals surface area contributed by atoms with Crippen molar-refractivity contribution in [3.05, 3.63) is 41.7 Å². The Balaban J connectivity index is 2.21. The Morgan fingerprint density at radius 2 is 2.24 bits per heavy atom. The number of phenolic OH excluding ortho intramolecular Hbond substituents is 1. The van der Waals surface area contributed by atoms with E-state index in [1.54, 1.807) is 43.0 Å². The topological polar surface area (TPSA) is 67.2 Å². The maximum absolute atomic E-state index is 11.8. The Kier molecular flexibility index (Phi) is 2.82. The van der Waals surface area contributed by atoms with Gasteiger partial charge < -0.3 is 10.4 Å². The van der Waals surface area contributed by atoms with Crippen LogP contribution in [-0.4, -0.2) is 20.8 Å². The van der Waals surface area contributed by atoms with Crippen molar-refractivity contribution in [2.45, 2.75) is 6.92 Å². The molecule has 0 aliphatic heterocycles. The maximum Gasteiger partial charge on any atom is 0.258 e. The van der Waals surface area contributed by atoms with E-state index in [-0.39, 0.29) is 11.7 Å². The molecule has 1 amide bonds. The van der Waals surface area contributed by atoms with Crippen molar-refractivity contribution >= 4 is 11.6 Å². The molecule has 1 heterocycles. The molecular formula is C12H13N3O2. The molecule has 0 spiro atoms. The molecule has 1 aromatic heterocycles. The van der Waals surface area contributed by atoms with Crippen molar-refractivity contribution < 1.29 is 9.90 Å². The highest BCUT2D eigenvalue weighted by molar-refractivity contribution is 6.04. The normalized spacial score (nSPS) is 10.2. The van der Waals surface area contributed by atoms with Gasteiger partial charge in [0.2, 0.25) is 0 Å². The number of phenols is 1. The van der Waals surface area contributed by atoms with Gasteiger partial charge in [0.25, 0.3) is 5.91 Å². The van der Waals surface area contributed by atoms with Gasteiger partial charge in [0, 0.05) is 24.5 Å². The monoisotopic (exact) mass is 231 g/mol. The maximum atomic E-state index is 11.8. The number of carbonyl (C=O) groups is 1. The minimum Gasteiger partial charge on any atom is -0.508 e. The van der Waals surface area contributed by atoms with Gasteiger partial charge in [0.15, 0.2) is 0 Å². The van der Waals surface area contributed by atoms with Gasteiger partial charge in [-0.1, -0.05) is 6.07 Å². The predicted octanol–water partition coefficient (Wildman–Crippen LogP) is 1.69. The number of rotatable bonds is 2. The minimum atomic E-state index is -0.244. The molecule has 0 radical (unpaired) electrons. The number of carbonyl (C=O) groups excluding carboxylic acids is 1. The highest BCUT2D eigenvalue weighted by atomic mass is 16.3. The standard InChI is InChI=1S/C12H13N3O2/c1-8-10(4-3-5-11(8)16)14-12(17)9-6-13-15(2)7-9/h3-7,16H,1-2H3,(H,14,17). The zero-order chi connectivity index (χ0) is 12.4. The average Bonchev–Trinajstić information content (AvgIpc) is 2.72. The van der Waals surface area contributed by atoms with Gasteiger partial charge in [-0.25, -0.2) is 0 Å². The second-order valence-electron chi connectivity index (χ2n) is 3.81. The zero-order valence-electron chi connectivity index (χ0n) is 9.64. The lowest BCUT2D eigenvalue weighted by molar-refractivity contribution is 0.102. The molecule has 17 heavy (non-hydrogen) atoms. The number of aromatic nitrogens is 2. The first-order chi connectivity index (χ1) is 8.08. The summed E-state index contributed by atoms with van der Waals surface area (Å²) >= 11 is 0. The molecule has 0 unspecified atom stereocenters. The van der Waals surface area contributed by atoms with Crippen LogP contribution in [0.25, 0.3) is 0 Å². The number of nitrogens with one attached hydrogen (secondary N) is 1. The van der Waals surface area contributed by atoms with Crippen molar-refractivity contribution in [2.24, 2.45) is 7.05 Å². The molecule has 2 rings (SSSR count). The molecule has 0 saturated carbocycles. The van der Waals surface area contributed by atoms with Crippen molar-refractivity contribution in [1.82, 2.24) is 9.78 Å². The van der Waals surface area contributed by atoms with Crippen LogP contribution in [0.2, 0.25) is 0 Å². The van der Waals surface area contributed by atoms with Crippen molar-refractivity contribution in [1.29, 1.82) is 0 Å². The number of anilines is 1. The lowest BCUT2D eigenvalue weighted by Crippen LogP contribution is -2.12. The van der Waals surface area contributed by atoms with Gasteiger partial charge in [0.05, 0.1) is 11.8 Å². The summed E-state index contributed by atoms with van der Waals surface area (Å²) < 4.78 is 1.56. The van der Waals surface area contributed by atoms with Crippen LogP contribution in [0.3, 0.4) is 0 Å². The van der Waals surface area contributed by atoms with E-state index < -0.39 is 0 Å². The molecule has 5 heteroatoms. The third-order valence-corrected chi connectivity index (χ3v) is 2.52. The lowest BCUT2D eigenvalue weighted by atomic mass is 10.1. The molecule has 0 saturated heterocycles. The van der Waals surface area contributed by atoms with Crippen molar-refractivity contribution in [3.63, 3.8) is 0 Å². The Hall–Kier alpha value is -2.30. The first-order valence-electron chi connectivity index (χ1n) is 5.16. The first-order valence-corrected chi connectivity index (χ1v) is 5.16. The highest BCUT2D eigenvalue weighted by Crippen LogP contribution is 2.24. The van der Waals surface area contributed by atoms with E-state index in [0.717, 1.165) is 0 Å². The molecule has 1 aromatic carbocycles. The number of hydrogen-bond donors (Lipinski definition) is 2. The van der Waals surface area contributed by atoms with Crippen LogP contribution in [0.5, 0.6) is 5.75 Å². The van der Waals surface area contributed by atoms with Gasteiger partial charge in [-0.15, -0.1) is 0 Å². The Bertz CT molecular complexity index is 561. The van der Waals surface area contributed by atoms with E-state index in [1.165, 1.54) is 6.20 Å². The summed E-state index contributed by atoms with van der Waals surface area (Å²) in [5.74, 6) is -0.0826. The van der Waals surface area contributed by atoms with Crippen LogP contribution >= 0.6 is 0 Å². The molecular weight excluding hydrogens is 218 g/mol. The number of nitrogens with zero attached hydrogens (tertiary/aromatic N) is 2. The number of aromatic hydroxyl groups is 1. The number of aryl methyl sites for hydroxylation is 1. The fourth-order valence-electron chi connectivity index (χ4n) is 1.49. The summed E-state index contributed by atoms with van der Waals surface area (Å²) in [5, 5.41) is 16.2. The lowest BCUT2D eigenvalue weighted by Gasteiger charge is -2.08. The van der Waals surface area contributed by atoms with Crippen LogP contribution in [0.15, 0.2) is 30.6 Å². The van der Waals surface area contributed by atoms with Gasteiger partial charge in [0.1, 0.15) is 5.75 Å². The highest BCUT2D eigenvalue weighted by Gasteiger charge is 2.10. The minimum absolute atomic E-state index is 0.161.